The van der Waals surface area contributed by atoms with E-state index in [2.05, 4.69) is 41.1 Å². The average molecular weight is 488 g/mol. The normalized spacial score (nSPS) is 11.0. The molecule has 0 radical (unpaired) electrons. The molecule has 36 heavy (non-hydrogen) atoms. The Kier molecular flexibility index (Phi) is 7.44. The highest BCUT2D eigenvalue weighted by atomic mass is 16.5. The van der Waals surface area contributed by atoms with Gasteiger partial charge < -0.3 is 23.2 Å². The molecule has 8 heteroatoms. The number of hydrogen-bond acceptors (Lipinski definition) is 6. The van der Waals surface area contributed by atoms with Crippen LogP contribution < -0.4 is 19.6 Å². The van der Waals surface area contributed by atoms with E-state index in [1.807, 2.05) is 37.3 Å². The number of nitrogens with one attached hydrogen (secondary N) is 1. The van der Waals surface area contributed by atoms with Crippen molar-refractivity contribution in [3.63, 3.8) is 0 Å². The van der Waals surface area contributed by atoms with Crippen molar-refractivity contribution in [2.45, 2.75) is 27.4 Å². The molecule has 0 atom stereocenters. The van der Waals surface area contributed by atoms with Crippen LogP contribution in [0, 0.1) is 20.8 Å². The third-order valence-electron chi connectivity index (χ3n) is 5.81. The second kappa shape index (κ2) is 10.9. The molecule has 0 unspecified atom stereocenters. The van der Waals surface area contributed by atoms with Crippen LogP contribution in [-0.4, -0.2) is 30.9 Å². The molecule has 0 aliphatic rings. The molecule has 1 amide bonds. The number of ether oxygens (including phenoxy) is 3. The predicted molar refractivity (Wildman–Crippen MR) is 138 cm³/mol. The van der Waals surface area contributed by atoms with Crippen LogP contribution in [0.2, 0.25) is 0 Å². The highest BCUT2D eigenvalue weighted by molar-refractivity contribution is 5.93. The maximum Gasteiger partial charge on any atom is 0.307 e. The summed E-state index contributed by atoms with van der Waals surface area (Å²) in [5.41, 5.74) is 7.43. The van der Waals surface area contributed by atoms with Crippen LogP contribution in [0.5, 0.6) is 17.2 Å². The fourth-order valence-electron chi connectivity index (χ4n) is 4.00. The molecule has 2 heterocycles. The van der Waals surface area contributed by atoms with E-state index in [-0.39, 0.29) is 12.4 Å². The summed E-state index contributed by atoms with van der Waals surface area (Å²) in [4.78, 5) is 12.4. The molecule has 0 aliphatic carbocycles. The van der Waals surface area contributed by atoms with E-state index in [9.17, 15) is 4.79 Å². The second-order valence-electron chi connectivity index (χ2n) is 8.21. The molecule has 0 aliphatic heterocycles. The van der Waals surface area contributed by atoms with Crippen LogP contribution >= 0.6 is 0 Å². The van der Waals surface area contributed by atoms with Gasteiger partial charge in [-0.3, -0.25) is 4.79 Å². The molecule has 0 bridgehead atoms. The molecule has 4 rings (SSSR count). The molecule has 0 saturated carbocycles. The van der Waals surface area contributed by atoms with Gasteiger partial charge in [0.2, 0.25) is 0 Å². The number of rotatable bonds is 9. The number of aromatic nitrogens is 1. The van der Waals surface area contributed by atoms with Crippen LogP contribution in [0.1, 0.15) is 38.8 Å². The average Bonchev–Trinajstić information content (AvgIpc) is 3.49. The van der Waals surface area contributed by atoms with Crippen molar-refractivity contribution in [1.29, 1.82) is 0 Å². The van der Waals surface area contributed by atoms with Gasteiger partial charge in [-0.25, -0.2) is 5.43 Å². The lowest BCUT2D eigenvalue weighted by molar-refractivity contribution is 0.0923. The van der Waals surface area contributed by atoms with E-state index in [1.54, 1.807) is 32.4 Å². The number of carbonyl (C=O) groups is 1. The molecule has 0 spiro atoms. The Bertz CT molecular complexity index is 1360. The van der Waals surface area contributed by atoms with Gasteiger partial charge in [-0.2, -0.15) is 5.10 Å². The minimum Gasteiger partial charge on any atom is -0.496 e. The molecule has 2 aromatic heterocycles. The third kappa shape index (κ3) is 5.27. The highest BCUT2D eigenvalue weighted by Gasteiger charge is 2.13. The van der Waals surface area contributed by atoms with Crippen LogP contribution in [-0.2, 0) is 6.61 Å². The number of hydrazone groups is 1. The number of carbonyl (C=O) groups excluding carboxylic acids is 1. The monoisotopic (exact) mass is 487 g/mol. The SMILES string of the molecule is COc1ccc(/C=N/NC(=O)c2ccc(COc3ccc(-n4c(C)ccc4C)cc3)o2)c(OC)c1C. The van der Waals surface area contributed by atoms with E-state index in [4.69, 9.17) is 18.6 Å². The fourth-order valence-corrected chi connectivity index (χ4v) is 4.00. The Labute approximate surface area is 210 Å². The summed E-state index contributed by atoms with van der Waals surface area (Å²) < 4.78 is 24.4. The lowest BCUT2D eigenvalue weighted by Crippen LogP contribution is -2.17. The Morgan fingerprint density at radius 3 is 2.33 bits per heavy atom. The largest absolute Gasteiger partial charge is 0.496 e. The zero-order valence-electron chi connectivity index (χ0n) is 21.0. The van der Waals surface area contributed by atoms with Crippen LogP contribution in [0.25, 0.3) is 5.69 Å². The lowest BCUT2D eigenvalue weighted by atomic mass is 10.1. The molecule has 4 aromatic rings. The lowest BCUT2D eigenvalue weighted by Gasteiger charge is -2.11. The van der Waals surface area contributed by atoms with E-state index in [1.165, 1.54) is 17.6 Å². The van der Waals surface area contributed by atoms with Crippen molar-refractivity contribution in [2.24, 2.45) is 5.10 Å². The summed E-state index contributed by atoms with van der Waals surface area (Å²) in [6.07, 6.45) is 1.51. The fraction of sp³-hybridized carbons (Fsp3) is 0.214. The second-order valence-corrected chi connectivity index (χ2v) is 8.21. The molecule has 1 N–H and O–H groups in total. The van der Waals surface area contributed by atoms with Crippen molar-refractivity contribution < 1.29 is 23.4 Å². The summed E-state index contributed by atoms with van der Waals surface area (Å²) in [5, 5.41) is 4.03. The summed E-state index contributed by atoms with van der Waals surface area (Å²) >= 11 is 0. The molecule has 8 nitrogen and oxygen atoms in total. The van der Waals surface area contributed by atoms with Gasteiger partial charge in [-0.15, -0.1) is 0 Å². The molecule has 0 saturated heterocycles. The van der Waals surface area contributed by atoms with Crippen molar-refractivity contribution >= 4 is 12.1 Å². The quantitative estimate of drug-likeness (QED) is 0.254. The summed E-state index contributed by atoms with van der Waals surface area (Å²) in [6.45, 7) is 6.23. The van der Waals surface area contributed by atoms with E-state index < -0.39 is 5.91 Å². The number of amides is 1. The van der Waals surface area contributed by atoms with Gasteiger partial charge in [0.1, 0.15) is 29.6 Å². The molecule has 2 aromatic carbocycles. The first-order valence-electron chi connectivity index (χ1n) is 11.4. The van der Waals surface area contributed by atoms with Gasteiger partial charge in [0.25, 0.3) is 0 Å². The van der Waals surface area contributed by atoms with E-state index >= 15 is 0 Å². The van der Waals surface area contributed by atoms with Crippen LogP contribution in [0.3, 0.4) is 0 Å². The van der Waals surface area contributed by atoms with Crippen LogP contribution in [0.15, 0.2) is 70.2 Å². The zero-order chi connectivity index (χ0) is 25.7. The van der Waals surface area contributed by atoms with Crippen molar-refractivity contribution in [2.75, 3.05) is 14.2 Å². The highest BCUT2D eigenvalue weighted by Crippen LogP contribution is 2.30. The van der Waals surface area contributed by atoms with Gasteiger partial charge in [-0.1, -0.05) is 0 Å². The number of aryl methyl sites for hydroxylation is 2. The Hall–Kier alpha value is -4.46. The van der Waals surface area contributed by atoms with Gasteiger partial charge in [-0.05, 0) is 81.4 Å². The zero-order valence-corrected chi connectivity index (χ0v) is 21.0. The molecule has 0 fully saturated rings. The van der Waals surface area contributed by atoms with E-state index in [0.717, 1.165) is 11.3 Å². The minimum absolute atomic E-state index is 0.137. The van der Waals surface area contributed by atoms with Gasteiger partial charge in [0.15, 0.2) is 5.76 Å². The summed E-state index contributed by atoms with van der Waals surface area (Å²) in [5.74, 6) is 2.23. The summed E-state index contributed by atoms with van der Waals surface area (Å²) in [6, 6.07) is 18.9. The number of nitrogens with zero attached hydrogens (tertiary/aromatic N) is 2. The first kappa shape index (κ1) is 24.7. The van der Waals surface area contributed by atoms with Gasteiger partial charge in [0, 0.05) is 28.2 Å². The molecular weight excluding hydrogens is 458 g/mol. The number of hydrogen-bond donors (Lipinski definition) is 1. The van der Waals surface area contributed by atoms with Crippen molar-refractivity contribution in [3.05, 3.63) is 94.7 Å². The summed E-state index contributed by atoms with van der Waals surface area (Å²) in [7, 11) is 3.17. The number of benzene rings is 2. The smallest absolute Gasteiger partial charge is 0.307 e. The maximum absolute atomic E-state index is 12.4. The van der Waals surface area contributed by atoms with Gasteiger partial charge >= 0.3 is 5.91 Å². The standard InChI is InChI=1S/C28H29N3O5/c1-18-6-7-19(2)31(18)22-9-11-23(12-10-22)35-17-24-13-15-26(36-24)28(32)30-29-16-21-8-14-25(33-4)20(3)27(21)34-5/h6-16H,17H2,1-5H3,(H,30,32)/b29-16+. The van der Waals surface area contributed by atoms with Crippen LogP contribution in [0.4, 0.5) is 0 Å². The Balaban J connectivity index is 1.33. The number of furan rings is 1. The predicted octanol–water partition coefficient (Wildman–Crippen LogP) is 5.36. The Morgan fingerprint density at radius 2 is 1.67 bits per heavy atom. The topological polar surface area (TPSA) is 87.2 Å². The van der Waals surface area contributed by atoms with Crippen molar-refractivity contribution in [3.8, 4) is 22.9 Å². The molecular formula is C28H29N3O5. The maximum atomic E-state index is 12.4. The molecule has 186 valence electrons. The third-order valence-corrected chi connectivity index (χ3v) is 5.81. The first-order valence-corrected chi connectivity index (χ1v) is 11.4. The van der Waals surface area contributed by atoms with Crippen molar-refractivity contribution in [1.82, 2.24) is 9.99 Å². The van der Waals surface area contributed by atoms with E-state index in [0.29, 0.717) is 28.6 Å². The minimum atomic E-state index is -0.469. The number of methoxy groups -OCH3 is 2. The first-order chi connectivity index (χ1) is 17.4. The van der Waals surface area contributed by atoms with Gasteiger partial charge in [0.05, 0.1) is 20.4 Å². The Morgan fingerprint density at radius 1 is 0.944 bits per heavy atom.